The van der Waals surface area contributed by atoms with E-state index in [-0.39, 0.29) is 6.10 Å². The molecule has 1 atom stereocenters. The van der Waals surface area contributed by atoms with E-state index in [2.05, 4.69) is 39.6 Å². The van der Waals surface area contributed by atoms with Crippen molar-refractivity contribution < 1.29 is 14.3 Å². The number of carbonyl (C=O) groups is 1. The Morgan fingerprint density at radius 1 is 1.30 bits per heavy atom. The van der Waals surface area contributed by atoms with Crippen molar-refractivity contribution in [3.63, 3.8) is 0 Å². The fourth-order valence-corrected chi connectivity index (χ4v) is 2.96. The molecule has 27 heavy (non-hydrogen) atoms. The second-order valence-corrected chi connectivity index (χ2v) is 7.56. The second kappa shape index (κ2) is 9.60. The van der Waals surface area contributed by atoms with Crippen LogP contribution in [0.25, 0.3) is 0 Å². The minimum atomic E-state index is -0.494. The average Bonchev–Trinajstić information content (AvgIpc) is 2.61. The Morgan fingerprint density at radius 2 is 2.00 bits per heavy atom. The molecule has 0 radical (unpaired) electrons. The highest BCUT2D eigenvalue weighted by Gasteiger charge is 2.25. The van der Waals surface area contributed by atoms with Crippen molar-refractivity contribution in [3.8, 4) is 0 Å². The number of amides is 1. The van der Waals surface area contributed by atoms with E-state index in [1.54, 1.807) is 7.05 Å². The fraction of sp³-hybridized carbons (Fsp3) is 0.600. The van der Waals surface area contributed by atoms with Crippen LogP contribution in [-0.4, -0.2) is 62.4 Å². The van der Waals surface area contributed by atoms with Crippen molar-refractivity contribution in [2.75, 3.05) is 39.8 Å². The summed E-state index contributed by atoms with van der Waals surface area (Å²) in [6.07, 6.45) is -0.385. The molecule has 0 aliphatic carbocycles. The number of alkyl carbamates (subject to hydrolysis) is 1. The van der Waals surface area contributed by atoms with E-state index < -0.39 is 11.7 Å². The maximum atomic E-state index is 11.7. The fourth-order valence-electron chi connectivity index (χ4n) is 2.96. The molecule has 1 aliphatic heterocycles. The molecule has 1 heterocycles. The van der Waals surface area contributed by atoms with Crippen LogP contribution in [0.15, 0.2) is 29.3 Å². The minimum absolute atomic E-state index is 0.0263. The van der Waals surface area contributed by atoms with Gasteiger partial charge >= 0.3 is 6.09 Å². The van der Waals surface area contributed by atoms with Crippen LogP contribution in [0, 0.1) is 6.92 Å². The minimum Gasteiger partial charge on any atom is -0.444 e. The summed E-state index contributed by atoms with van der Waals surface area (Å²) < 4.78 is 11.2. The van der Waals surface area contributed by atoms with Gasteiger partial charge in [-0.1, -0.05) is 24.3 Å². The van der Waals surface area contributed by atoms with Crippen LogP contribution in [0.5, 0.6) is 0 Å². The quantitative estimate of drug-likeness (QED) is 0.480. The maximum absolute atomic E-state index is 11.7. The zero-order valence-electron chi connectivity index (χ0n) is 17.0. The van der Waals surface area contributed by atoms with Crippen LogP contribution in [0.3, 0.4) is 0 Å². The van der Waals surface area contributed by atoms with Gasteiger partial charge in [-0.05, 0) is 38.8 Å². The molecule has 1 fully saturated rings. The van der Waals surface area contributed by atoms with Crippen molar-refractivity contribution in [3.05, 3.63) is 35.4 Å². The molecule has 0 saturated carbocycles. The van der Waals surface area contributed by atoms with Crippen molar-refractivity contribution in [2.24, 2.45) is 4.99 Å². The van der Waals surface area contributed by atoms with Crippen molar-refractivity contribution in [1.82, 2.24) is 15.5 Å². The third-order valence-corrected chi connectivity index (χ3v) is 4.19. The van der Waals surface area contributed by atoms with Gasteiger partial charge in [-0.25, -0.2) is 4.79 Å². The van der Waals surface area contributed by atoms with Gasteiger partial charge in [-0.3, -0.25) is 4.99 Å². The lowest BCUT2D eigenvalue weighted by Gasteiger charge is -2.35. The third kappa shape index (κ3) is 6.75. The van der Waals surface area contributed by atoms with Gasteiger partial charge in [0.05, 0.1) is 13.2 Å². The molecule has 2 rings (SSSR count). The molecule has 1 saturated heterocycles. The van der Waals surface area contributed by atoms with Gasteiger partial charge in [-0.15, -0.1) is 0 Å². The lowest BCUT2D eigenvalue weighted by Crippen LogP contribution is -2.49. The zero-order valence-corrected chi connectivity index (χ0v) is 17.0. The van der Waals surface area contributed by atoms with Gasteiger partial charge in [0.2, 0.25) is 0 Å². The summed E-state index contributed by atoms with van der Waals surface area (Å²) >= 11 is 0. The Kier molecular flexibility index (Phi) is 7.47. The summed E-state index contributed by atoms with van der Waals surface area (Å²) in [6.45, 7) is 10.8. The van der Waals surface area contributed by atoms with Crippen molar-refractivity contribution in [1.29, 1.82) is 0 Å². The van der Waals surface area contributed by atoms with E-state index >= 15 is 0 Å². The SMILES string of the molecule is CN=C(NCCNC(=O)OC(C)(C)C)N1CCOC(c2ccccc2C)C1. The average molecular weight is 377 g/mol. The molecule has 0 aromatic heterocycles. The number of nitrogens with zero attached hydrogens (tertiary/aromatic N) is 2. The molecule has 7 heteroatoms. The van der Waals surface area contributed by atoms with E-state index in [0.29, 0.717) is 19.7 Å². The van der Waals surface area contributed by atoms with Crippen molar-refractivity contribution >= 4 is 12.1 Å². The molecule has 1 unspecified atom stereocenters. The summed E-state index contributed by atoms with van der Waals surface area (Å²) in [5.41, 5.74) is 1.95. The number of morpholine rings is 1. The van der Waals surface area contributed by atoms with E-state index in [1.807, 2.05) is 32.9 Å². The first-order valence-corrected chi connectivity index (χ1v) is 9.40. The molecule has 1 aromatic rings. The normalized spacial score (nSPS) is 18.2. The molecule has 1 amide bonds. The van der Waals surface area contributed by atoms with Crippen molar-refractivity contribution in [2.45, 2.75) is 39.4 Å². The second-order valence-electron chi connectivity index (χ2n) is 7.56. The number of aryl methyl sites for hydroxylation is 1. The number of ether oxygens (including phenoxy) is 2. The first-order chi connectivity index (χ1) is 12.8. The van der Waals surface area contributed by atoms with Crippen LogP contribution in [0.2, 0.25) is 0 Å². The number of hydrogen-bond acceptors (Lipinski definition) is 4. The van der Waals surface area contributed by atoms with Gasteiger partial charge in [0.1, 0.15) is 11.7 Å². The van der Waals surface area contributed by atoms with E-state index in [0.717, 1.165) is 19.0 Å². The van der Waals surface area contributed by atoms with E-state index in [4.69, 9.17) is 9.47 Å². The Bertz CT molecular complexity index is 655. The van der Waals surface area contributed by atoms with Crippen LogP contribution in [-0.2, 0) is 9.47 Å². The van der Waals surface area contributed by atoms with Gasteiger partial charge in [0, 0.05) is 26.7 Å². The number of guanidine groups is 1. The third-order valence-electron chi connectivity index (χ3n) is 4.19. The summed E-state index contributed by atoms with van der Waals surface area (Å²) in [6, 6.07) is 8.30. The zero-order chi connectivity index (χ0) is 19.9. The molecule has 150 valence electrons. The van der Waals surface area contributed by atoms with E-state index in [1.165, 1.54) is 11.1 Å². The van der Waals surface area contributed by atoms with E-state index in [9.17, 15) is 4.79 Å². The number of aliphatic imine (C=N–C) groups is 1. The number of hydrogen-bond donors (Lipinski definition) is 2. The molecule has 0 bridgehead atoms. The summed E-state index contributed by atoms with van der Waals surface area (Å²) in [4.78, 5) is 18.2. The standard InChI is InChI=1S/C20H32N4O3/c1-15-8-6-7-9-16(15)17-14-24(12-13-26-17)18(21-5)22-10-11-23-19(25)27-20(2,3)4/h6-9,17H,10-14H2,1-5H3,(H,21,22)(H,23,25). The summed E-state index contributed by atoms with van der Waals surface area (Å²) in [5.74, 6) is 0.808. The van der Waals surface area contributed by atoms with Crippen LogP contribution >= 0.6 is 0 Å². The first kappa shape index (κ1) is 21.0. The Morgan fingerprint density at radius 3 is 2.67 bits per heavy atom. The molecule has 1 aliphatic rings. The Hall–Kier alpha value is -2.28. The predicted molar refractivity (Wildman–Crippen MR) is 107 cm³/mol. The highest BCUT2D eigenvalue weighted by molar-refractivity contribution is 5.80. The Balaban J connectivity index is 1.83. The van der Waals surface area contributed by atoms with Crippen LogP contribution < -0.4 is 10.6 Å². The number of carbonyl (C=O) groups excluding carboxylic acids is 1. The number of rotatable bonds is 4. The monoisotopic (exact) mass is 376 g/mol. The molecule has 0 spiro atoms. The van der Waals surface area contributed by atoms with Gasteiger partial charge in [0.15, 0.2) is 5.96 Å². The van der Waals surface area contributed by atoms with Gasteiger partial charge < -0.3 is 25.0 Å². The molecular formula is C20H32N4O3. The lowest BCUT2D eigenvalue weighted by molar-refractivity contribution is -0.00829. The first-order valence-electron chi connectivity index (χ1n) is 9.40. The number of nitrogens with one attached hydrogen (secondary N) is 2. The summed E-state index contributed by atoms with van der Waals surface area (Å²) in [5, 5.41) is 6.04. The molecular weight excluding hydrogens is 344 g/mol. The lowest BCUT2D eigenvalue weighted by atomic mass is 10.0. The molecule has 1 aromatic carbocycles. The highest BCUT2D eigenvalue weighted by atomic mass is 16.6. The molecule has 2 N–H and O–H groups in total. The van der Waals surface area contributed by atoms with Gasteiger partial charge in [0.25, 0.3) is 0 Å². The van der Waals surface area contributed by atoms with Crippen LogP contribution in [0.1, 0.15) is 38.0 Å². The number of benzene rings is 1. The topological polar surface area (TPSA) is 75.2 Å². The smallest absolute Gasteiger partial charge is 0.407 e. The van der Waals surface area contributed by atoms with Crippen LogP contribution in [0.4, 0.5) is 4.79 Å². The maximum Gasteiger partial charge on any atom is 0.407 e. The summed E-state index contributed by atoms with van der Waals surface area (Å²) in [7, 11) is 1.77. The highest BCUT2D eigenvalue weighted by Crippen LogP contribution is 2.24. The van der Waals surface area contributed by atoms with Gasteiger partial charge in [-0.2, -0.15) is 0 Å². The Labute approximate surface area is 162 Å². The largest absolute Gasteiger partial charge is 0.444 e. The predicted octanol–water partition coefficient (Wildman–Crippen LogP) is 2.47. The molecule has 7 nitrogen and oxygen atoms in total.